The van der Waals surface area contributed by atoms with Crippen LogP contribution >= 0.6 is 0 Å². The van der Waals surface area contributed by atoms with E-state index >= 15 is 0 Å². The van der Waals surface area contributed by atoms with Gasteiger partial charge in [0.25, 0.3) is 0 Å². The van der Waals surface area contributed by atoms with Crippen LogP contribution in [0.25, 0.3) is 0 Å². The smallest absolute Gasteiger partial charge is 0.313 e. The van der Waals surface area contributed by atoms with Crippen molar-refractivity contribution in [2.75, 3.05) is 0 Å². The number of benzene rings is 1. The second-order valence-corrected chi connectivity index (χ2v) is 5.67. The second-order valence-electron chi connectivity index (χ2n) is 5.67. The Morgan fingerprint density at radius 2 is 1.75 bits per heavy atom. The molecule has 0 fully saturated rings. The van der Waals surface area contributed by atoms with Crippen molar-refractivity contribution in [1.29, 1.82) is 0 Å². The fraction of sp³-hybridized carbons (Fsp3) is 0.500. The van der Waals surface area contributed by atoms with Crippen LogP contribution in [0.2, 0.25) is 0 Å². The van der Waals surface area contributed by atoms with Crippen LogP contribution in [-0.4, -0.2) is 23.5 Å². The molecule has 0 unspecified atom stereocenters. The summed E-state index contributed by atoms with van der Waals surface area (Å²) in [7, 11) is 0. The largest absolute Gasteiger partial charge is 0.460 e. The van der Waals surface area contributed by atoms with E-state index in [0.29, 0.717) is 6.61 Å². The first-order valence-electron chi connectivity index (χ1n) is 6.68. The van der Waals surface area contributed by atoms with Crippen molar-refractivity contribution >= 4 is 11.8 Å². The predicted molar refractivity (Wildman–Crippen MR) is 76.2 cm³/mol. The molecule has 20 heavy (non-hydrogen) atoms. The minimum atomic E-state index is -0.622. The SMILES string of the molecule is C[C@H](OCc1ccccc1)C(=O)CC(=O)OC(C)(C)C. The molecule has 0 bridgehead atoms. The molecule has 1 rings (SSSR count). The number of ether oxygens (including phenoxy) is 2. The molecular weight excluding hydrogens is 256 g/mol. The van der Waals surface area contributed by atoms with Gasteiger partial charge in [0, 0.05) is 0 Å². The predicted octanol–water partition coefficient (Wildman–Crippen LogP) is 2.89. The highest BCUT2D eigenvalue weighted by Crippen LogP contribution is 2.10. The quantitative estimate of drug-likeness (QED) is 0.593. The summed E-state index contributed by atoms with van der Waals surface area (Å²) in [6, 6.07) is 9.58. The third-order valence-corrected chi connectivity index (χ3v) is 2.53. The summed E-state index contributed by atoms with van der Waals surface area (Å²) in [5, 5.41) is 0. The summed E-state index contributed by atoms with van der Waals surface area (Å²) in [4.78, 5) is 23.4. The number of carbonyl (C=O) groups is 2. The summed E-state index contributed by atoms with van der Waals surface area (Å²) in [5.74, 6) is -0.784. The Morgan fingerprint density at radius 3 is 2.30 bits per heavy atom. The van der Waals surface area contributed by atoms with Crippen LogP contribution in [0.15, 0.2) is 30.3 Å². The van der Waals surface area contributed by atoms with Gasteiger partial charge in [0.2, 0.25) is 0 Å². The molecule has 0 aliphatic heterocycles. The number of Topliss-reactive ketones (excluding diaryl/α,β-unsaturated/α-hetero) is 1. The molecule has 0 saturated heterocycles. The minimum Gasteiger partial charge on any atom is -0.460 e. The lowest BCUT2D eigenvalue weighted by molar-refractivity contribution is -0.157. The van der Waals surface area contributed by atoms with E-state index in [4.69, 9.17) is 9.47 Å². The van der Waals surface area contributed by atoms with Gasteiger partial charge in [-0.3, -0.25) is 9.59 Å². The summed E-state index contributed by atoms with van der Waals surface area (Å²) < 4.78 is 10.6. The summed E-state index contributed by atoms with van der Waals surface area (Å²) in [5.41, 5.74) is 0.412. The molecule has 4 heteroatoms. The van der Waals surface area contributed by atoms with Crippen LogP contribution in [0.1, 0.15) is 39.7 Å². The first-order chi connectivity index (χ1) is 9.28. The molecule has 1 aromatic carbocycles. The Kier molecular flexibility index (Phi) is 5.89. The van der Waals surface area contributed by atoms with Gasteiger partial charge in [-0.15, -0.1) is 0 Å². The van der Waals surface area contributed by atoms with Crippen molar-refractivity contribution in [3.8, 4) is 0 Å². The van der Waals surface area contributed by atoms with Crippen molar-refractivity contribution in [1.82, 2.24) is 0 Å². The van der Waals surface area contributed by atoms with Crippen LogP contribution in [0, 0.1) is 0 Å². The lowest BCUT2D eigenvalue weighted by Crippen LogP contribution is -2.29. The fourth-order valence-electron chi connectivity index (χ4n) is 1.55. The van der Waals surface area contributed by atoms with Crippen LogP contribution in [0.3, 0.4) is 0 Å². The van der Waals surface area contributed by atoms with Crippen molar-refractivity contribution < 1.29 is 19.1 Å². The number of rotatable bonds is 6. The molecule has 0 radical (unpaired) electrons. The summed E-state index contributed by atoms with van der Waals surface area (Å²) in [6.45, 7) is 7.30. The molecule has 0 heterocycles. The monoisotopic (exact) mass is 278 g/mol. The van der Waals surface area contributed by atoms with Crippen LogP contribution < -0.4 is 0 Å². The highest BCUT2D eigenvalue weighted by molar-refractivity contribution is 5.97. The van der Waals surface area contributed by atoms with Crippen molar-refractivity contribution in [3.05, 3.63) is 35.9 Å². The van der Waals surface area contributed by atoms with Gasteiger partial charge in [-0.1, -0.05) is 30.3 Å². The topological polar surface area (TPSA) is 52.6 Å². The second kappa shape index (κ2) is 7.20. The minimum absolute atomic E-state index is 0.257. The summed E-state index contributed by atoms with van der Waals surface area (Å²) in [6.07, 6.45) is -0.879. The van der Waals surface area contributed by atoms with E-state index in [9.17, 15) is 9.59 Å². The van der Waals surface area contributed by atoms with Crippen LogP contribution in [0.4, 0.5) is 0 Å². The molecule has 0 N–H and O–H groups in total. The number of esters is 1. The highest BCUT2D eigenvalue weighted by Gasteiger charge is 2.22. The van der Waals surface area contributed by atoms with Gasteiger partial charge < -0.3 is 9.47 Å². The lowest BCUT2D eigenvalue weighted by atomic mass is 10.1. The van der Waals surface area contributed by atoms with Gasteiger partial charge in [-0.05, 0) is 33.3 Å². The standard InChI is InChI=1S/C16H22O4/c1-12(19-11-13-8-6-5-7-9-13)14(17)10-15(18)20-16(2,3)4/h5-9,12H,10-11H2,1-4H3/t12-/m0/s1. The van der Waals surface area contributed by atoms with E-state index in [-0.39, 0.29) is 12.2 Å². The molecule has 110 valence electrons. The fourth-order valence-corrected chi connectivity index (χ4v) is 1.55. The first kappa shape index (κ1) is 16.4. The van der Waals surface area contributed by atoms with E-state index in [1.54, 1.807) is 27.7 Å². The maximum Gasteiger partial charge on any atom is 0.313 e. The third kappa shape index (κ3) is 6.48. The Morgan fingerprint density at radius 1 is 1.15 bits per heavy atom. The molecular formula is C16H22O4. The molecule has 1 aromatic rings. The molecule has 0 aliphatic carbocycles. The van der Waals surface area contributed by atoms with Gasteiger partial charge in [0.1, 0.15) is 18.1 Å². The molecule has 4 nitrogen and oxygen atoms in total. The van der Waals surface area contributed by atoms with E-state index in [2.05, 4.69) is 0 Å². The maximum atomic E-state index is 11.8. The first-order valence-corrected chi connectivity index (χ1v) is 6.68. The maximum absolute atomic E-state index is 11.8. The van der Waals surface area contributed by atoms with Gasteiger partial charge >= 0.3 is 5.97 Å². The number of carbonyl (C=O) groups excluding carboxylic acids is 2. The Balaban J connectivity index is 2.38. The number of ketones is 1. The lowest BCUT2D eigenvalue weighted by Gasteiger charge is -2.20. The van der Waals surface area contributed by atoms with Gasteiger partial charge in [0.15, 0.2) is 5.78 Å². The van der Waals surface area contributed by atoms with Crippen LogP contribution in [0.5, 0.6) is 0 Å². The highest BCUT2D eigenvalue weighted by atomic mass is 16.6. The van der Waals surface area contributed by atoms with Gasteiger partial charge in [-0.2, -0.15) is 0 Å². The molecule has 1 atom stereocenters. The average Bonchev–Trinajstić information content (AvgIpc) is 2.34. The molecule has 0 aliphatic rings. The van der Waals surface area contributed by atoms with Crippen molar-refractivity contribution in [2.45, 2.75) is 52.4 Å². The third-order valence-electron chi connectivity index (χ3n) is 2.53. The summed E-state index contributed by atoms with van der Waals surface area (Å²) >= 11 is 0. The average molecular weight is 278 g/mol. The van der Waals surface area contributed by atoms with E-state index in [1.807, 2.05) is 30.3 Å². The number of hydrogen-bond donors (Lipinski definition) is 0. The Bertz CT molecular complexity index is 445. The molecule has 0 amide bonds. The number of hydrogen-bond acceptors (Lipinski definition) is 4. The van der Waals surface area contributed by atoms with Gasteiger partial charge in [-0.25, -0.2) is 0 Å². The van der Waals surface area contributed by atoms with E-state index in [1.165, 1.54) is 0 Å². The molecule has 0 aromatic heterocycles. The Labute approximate surface area is 120 Å². The zero-order chi connectivity index (χ0) is 15.2. The zero-order valence-corrected chi connectivity index (χ0v) is 12.5. The van der Waals surface area contributed by atoms with E-state index < -0.39 is 17.7 Å². The van der Waals surface area contributed by atoms with E-state index in [0.717, 1.165) is 5.56 Å². The van der Waals surface area contributed by atoms with Gasteiger partial charge in [0.05, 0.1) is 6.61 Å². The van der Waals surface area contributed by atoms with Crippen molar-refractivity contribution in [2.24, 2.45) is 0 Å². The molecule has 0 saturated carbocycles. The zero-order valence-electron chi connectivity index (χ0n) is 12.5. The van der Waals surface area contributed by atoms with Crippen molar-refractivity contribution in [3.63, 3.8) is 0 Å². The Hall–Kier alpha value is -1.68. The van der Waals surface area contributed by atoms with Crippen LogP contribution in [-0.2, 0) is 25.7 Å². The molecule has 0 spiro atoms. The normalized spacial score (nSPS) is 12.8.